The summed E-state index contributed by atoms with van der Waals surface area (Å²) in [6, 6.07) is 5.07. The van der Waals surface area contributed by atoms with Gasteiger partial charge in [-0.25, -0.2) is 4.79 Å². The van der Waals surface area contributed by atoms with Crippen LogP contribution in [0.5, 0.6) is 0 Å². The highest BCUT2D eigenvalue weighted by atomic mass is 32.2. The molecule has 1 aromatic rings. The third-order valence-electron chi connectivity index (χ3n) is 2.23. The molecular weight excluding hydrogens is 248 g/mol. The van der Waals surface area contributed by atoms with E-state index in [1.807, 2.05) is 13.8 Å². The van der Waals surface area contributed by atoms with E-state index >= 15 is 0 Å². The zero-order valence-corrected chi connectivity index (χ0v) is 12.0. The van der Waals surface area contributed by atoms with Gasteiger partial charge in [-0.2, -0.15) is 0 Å². The third-order valence-corrected chi connectivity index (χ3v) is 3.30. The van der Waals surface area contributed by atoms with Crippen LogP contribution in [0.1, 0.15) is 48.4 Å². The molecule has 0 atom stereocenters. The van der Waals surface area contributed by atoms with E-state index in [2.05, 4.69) is 0 Å². The van der Waals surface area contributed by atoms with E-state index in [4.69, 9.17) is 4.74 Å². The average Bonchev–Trinajstić information content (AvgIpc) is 2.28. The van der Waals surface area contributed by atoms with Crippen LogP contribution in [-0.2, 0) is 4.74 Å². The van der Waals surface area contributed by atoms with Crippen molar-refractivity contribution < 1.29 is 14.3 Å². The van der Waals surface area contributed by atoms with Crippen molar-refractivity contribution in [3.8, 4) is 0 Å². The van der Waals surface area contributed by atoms with Gasteiger partial charge in [-0.1, -0.05) is 13.8 Å². The van der Waals surface area contributed by atoms with Crippen LogP contribution in [0, 0.1) is 0 Å². The Bertz CT molecular complexity index is 452. The lowest BCUT2D eigenvalue weighted by atomic mass is 10.1. The molecule has 4 heteroatoms. The first-order valence-electron chi connectivity index (χ1n) is 5.94. The Morgan fingerprint density at radius 2 is 2.00 bits per heavy atom. The van der Waals surface area contributed by atoms with Crippen LogP contribution >= 0.6 is 11.8 Å². The van der Waals surface area contributed by atoms with Crippen molar-refractivity contribution in [1.29, 1.82) is 0 Å². The summed E-state index contributed by atoms with van der Waals surface area (Å²) < 4.78 is 4.96. The van der Waals surface area contributed by atoms with E-state index in [1.165, 1.54) is 6.92 Å². The summed E-state index contributed by atoms with van der Waals surface area (Å²) in [6.07, 6.45) is 0. The largest absolute Gasteiger partial charge is 0.462 e. The third kappa shape index (κ3) is 3.88. The maximum atomic E-state index is 11.6. The van der Waals surface area contributed by atoms with Gasteiger partial charge in [0.05, 0.1) is 12.2 Å². The van der Waals surface area contributed by atoms with Crippen LogP contribution in [0.3, 0.4) is 0 Å². The Hall–Kier alpha value is -1.29. The quantitative estimate of drug-likeness (QED) is 0.464. The minimum Gasteiger partial charge on any atom is -0.462 e. The molecule has 0 spiro atoms. The highest BCUT2D eigenvalue weighted by Gasteiger charge is 2.14. The molecule has 0 aliphatic heterocycles. The number of ether oxygens (including phenoxy) is 1. The molecule has 0 fully saturated rings. The van der Waals surface area contributed by atoms with Crippen molar-refractivity contribution in [1.82, 2.24) is 0 Å². The number of esters is 1. The Balaban J connectivity index is 3.12. The zero-order valence-electron chi connectivity index (χ0n) is 11.1. The van der Waals surface area contributed by atoms with Gasteiger partial charge >= 0.3 is 5.97 Å². The Morgan fingerprint density at radius 1 is 1.33 bits per heavy atom. The van der Waals surface area contributed by atoms with Crippen LogP contribution in [0.2, 0.25) is 0 Å². The van der Waals surface area contributed by atoms with Crippen LogP contribution in [0.4, 0.5) is 0 Å². The van der Waals surface area contributed by atoms with Crippen LogP contribution in [0.25, 0.3) is 0 Å². The maximum absolute atomic E-state index is 11.6. The molecule has 0 amide bonds. The standard InChI is InChI=1S/C14H18O3S/c1-5-17-14(16)11-6-7-12(10(4)15)13(8-11)18-9(2)3/h6-9H,5H2,1-4H3. The number of rotatable bonds is 5. The lowest BCUT2D eigenvalue weighted by Gasteiger charge is -2.11. The minimum atomic E-state index is -0.349. The molecule has 0 aromatic heterocycles. The van der Waals surface area contributed by atoms with Crippen molar-refractivity contribution >= 4 is 23.5 Å². The van der Waals surface area contributed by atoms with E-state index in [-0.39, 0.29) is 11.8 Å². The van der Waals surface area contributed by atoms with Gasteiger partial charge in [-0.3, -0.25) is 4.79 Å². The first-order chi connectivity index (χ1) is 8.45. The summed E-state index contributed by atoms with van der Waals surface area (Å²) in [6.45, 7) is 7.74. The lowest BCUT2D eigenvalue weighted by Crippen LogP contribution is -2.06. The Kier molecular flexibility index (Phi) is 5.41. The molecule has 18 heavy (non-hydrogen) atoms. The van der Waals surface area contributed by atoms with E-state index in [0.29, 0.717) is 23.0 Å². The molecule has 0 saturated carbocycles. The molecule has 0 unspecified atom stereocenters. The number of ketones is 1. The fraction of sp³-hybridized carbons (Fsp3) is 0.429. The van der Waals surface area contributed by atoms with Crippen molar-refractivity contribution in [2.45, 2.75) is 37.8 Å². The van der Waals surface area contributed by atoms with Gasteiger partial charge in [0.2, 0.25) is 0 Å². The number of hydrogen-bond acceptors (Lipinski definition) is 4. The smallest absolute Gasteiger partial charge is 0.338 e. The number of benzene rings is 1. The minimum absolute atomic E-state index is 0.00792. The van der Waals surface area contributed by atoms with Crippen LogP contribution in [-0.4, -0.2) is 23.6 Å². The SMILES string of the molecule is CCOC(=O)c1ccc(C(C)=O)c(SC(C)C)c1. The van der Waals surface area contributed by atoms with E-state index in [1.54, 1.807) is 36.9 Å². The first kappa shape index (κ1) is 14.8. The second-order valence-electron chi connectivity index (χ2n) is 4.15. The summed E-state index contributed by atoms with van der Waals surface area (Å²) in [5.74, 6) is -0.341. The van der Waals surface area contributed by atoms with Crippen LogP contribution < -0.4 is 0 Å². The topological polar surface area (TPSA) is 43.4 Å². The Labute approximate surface area is 112 Å². The summed E-state index contributed by atoms with van der Waals surface area (Å²) >= 11 is 1.57. The highest BCUT2D eigenvalue weighted by Crippen LogP contribution is 2.28. The molecule has 1 rings (SSSR count). The molecule has 0 saturated heterocycles. The summed E-state index contributed by atoms with van der Waals surface area (Å²) in [7, 11) is 0. The lowest BCUT2D eigenvalue weighted by molar-refractivity contribution is 0.0525. The molecule has 0 heterocycles. The van der Waals surface area contributed by atoms with Crippen molar-refractivity contribution in [3.63, 3.8) is 0 Å². The molecule has 1 aromatic carbocycles. The average molecular weight is 266 g/mol. The highest BCUT2D eigenvalue weighted by molar-refractivity contribution is 8.00. The molecule has 0 bridgehead atoms. The number of carbonyl (C=O) groups is 2. The van der Waals surface area contributed by atoms with Gasteiger partial charge in [-0.15, -0.1) is 11.8 Å². The Morgan fingerprint density at radius 3 is 2.50 bits per heavy atom. The van der Waals surface area contributed by atoms with Gasteiger partial charge in [-0.05, 0) is 32.0 Å². The van der Waals surface area contributed by atoms with Gasteiger partial charge in [0.1, 0.15) is 0 Å². The van der Waals surface area contributed by atoms with Crippen LogP contribution in [0.15, 0.2) is 23.1 Å². The fourth-order valence-electron chi connectivity index (χ4n) is 1.51. The summed E-state index contributed by atoms with van der Waals surface area (Å²) in [4.78, 5) is 24.0. The molecule has 0 radical (unpaired) electrons. The fourth-order valence-corrected chi connectivity index (χ4v) is 2.55. The van der Waals surface area contributed by atoms with E-state index < -0.39 is 0 Å². The molecule has 3 nitrogen and oxygen atoms in total. The van der Waals surface area contributed by atoms with Crippen molar-refractivity contribution in [3.05, 3.63) is 29.3 Å². The molecule has 0 aliphatic rings. The van der Waals surface area contributed by atoms with Crippen molar-refractivity contribution in [2.24, 2.45) is 0 Å². The number of carbonyl (C=O) groups excluding carboxylic acids is 2. The van der Waals surface area contributed by atoms with Crippen molar-refractivity contribution in [2.75, 3.05) is 6.61 Å². The second kappa shape index (κ2) is 6.59. The molecule has 0 N–H and O–H groups in total. The number of Topliss-reactive ketones (excluding diaryl/α,β-unsaturated/α-hetero) is 1. The molecule has 98 valence electrons. The monoisotopic (exact) mass is 266 g/mol. The maximum Gasteiger partial charge on any atom is 0.338 e. The zero-order chi connectivity index (χ0) is 13.7. The van der Waals surface area contributed by atoms with Gasteiger partial charge in [0.25, 0.3) is 0 Å². The summed E-state index contributed by atoms with van der Waals surface area (Å²) in [5.41, 5.74) is 1.15. The first-order valence-corrected chi connectivity index (χ1v) is 6.82. The molecule has 0 aliphatic carbocycles. The number of hydrogen-bond donors (Lipinski definition) is 0. The molecular formula is C14H18O3S. The van der Waals surface area contributed by atoms with Gasteiger partial charge < -0.3 is 4.74 Å². The van der Waals surface area contributed by atoms with Gasteiger partial charge in [0, 0.05) is 15.7 Å². The normalized spacial score (nSPS) is 10.5. The van der Waals surface area contributed by atoms with E-state index in [9.17, 15) is 9.59 Å². The second-order valence-corrected chi connectivity index (χ2v) is 5.77. The van der Waals surface area contributed by atoms with E-state index in [0.717, 1.165) is 4.90 Å². The predicted octanol–water partition coefficient (Wildman–Crippen LogP) is 3.57. The predicted molar refractivity (Wildman–Crippen MR) is 73.4 cm³/mol. The number of thioether (sulfide) groups is 1. The summed E-state index contributed by atoms with van der Waals surface area (Å²) in [5, 5.41) is 0.348. The van der Waals surface area contributed by atoms with Gasteiger partial charge in [0.15, 0.2) is 5.78 Å².